The summed E-state index contributed by atoms with van der Waals surface area (Å²) in [4.78, 5) is 10.7. The van der Waals surface area contributed by atoms with Gasteiger partial charge >= 0.3 is 0 Å². The van der Waals surface area contributed by atoms with Crippen LogP contribution in [0.2, 0.25) is 15.1 Å². The summed E-state index contributed by atoms with van der Waals surface area (Å²) in [5, 5.41) is 11.9. The molecule has 1 aromatic heterocycles. The first-order valence-corrected chi connectivity index (χ1v) is 7.74. The van der Waals surface area contributed by atoms with Crippen molar-refractivity contribution in [1.82, 2.24) is 0 Å². The minimum atomic E-state index is -0.542. The summed E-state index contributed by atoms with van der Waals surface area (Å²) < 4.78 is 10.9. The lowest BCUT2D eigenvalue weighted by molar-refractivity contribution is -0.384. The lowest BCUT2D eigenvalue weighted by atomic mass is 10.1. The van der Waals surface area contributed by atoms with Gasteiger partial charge in [0.2, 0.25) is 0 Å². The molecule has 24 heavy (non-hydrogen) atoms. The van der Waals surface area contributed by atoms with Crippen LogP contribution in [0.5, 0.6) is 11.5 Å². The minimum absolute atomic E-state index is 0.0630. The fourth-order valence-corrected chi connectivity index (χ4v) is 2.61. The summed E-state index contributed by atoms with van der Waals surface area (Å²) in [5.74, 6) is 0.795. The molecule has 122 valence electrons. The molecule has 0 atom stereocenters. The molecule has 0 aliphatic carbocycles. The lowest BCUT2D eigenvalue weighted by Crippen LogP contribution is -1.94. The van der Waals surface area contributed by atoms with Gasteiger partial charge in [-0.05, 0) is 24.3 Å². The van der Waals surface area contributed by atoms with E-state index in [1.54, 1.807) is 30.3 Å². The highest BCUT2D eigenvalue weighted by Gasteiger charge is 2.22. The second-order valence-corrected chi connectivity index (χ2v) is 5.88. The average molecular weight is 385 g/mol. The van der Waals surface area contributed by atoms with E-state index in [0.29, 0.717) is 10.8 Å². The SMILES string of the molecule is O=[N+]([O-])c1cc(Cl)c(Oc2cccc(Cl)c2Cl)cc1-c1ccco1. The summed E-state index contributed by atoms with van der Waals surface area (Å²) in [6.45, 7) is 0. The molecule has 0 fully saturated rings. The van der Waals surface area contributed by atoms with Gasteiger partial charge < -0.3 is 9.15 Å². The number of halogens is 3. The molecule has 2 aromatic carbocycles. The maximum absolute atomic E-state index is 11.3. The van der Waals surface area contributed by atoms with Gasteiger partial charge in [-0.15, -0.1) is 0 Å². The number of rotatable bonds is 4. The Morgan fingerprint density at radius 3 is 2.46 bits per heavy atom. The smallest absolute Gasteiger partial charge is 0.282 e. The van der Waals surface area contributed by atoms with Gasteiger partial charge in [0.05, 0.1) is 26.8 Å². The maximum atomic E-state index is 11.3. The number of nitrogens with zero attached hydrogens (tertiary/aromatic N) is 1. The van der Waals surface area contributed by atoms with Crippen LogP contribution >= 0.6 is 34.8 Å². The second kappa shape index (κ2) is 6.73. The number of furan rings is 1. The zero-order chi connectivity index (χ0) is 17.3. The molecule has 0 spiro atoms. The van der Waals surface area contributed by atoms with Crippen molar-refractivity contribution >= 4 is 40.5 Å². The Labute approximate surface area is 151 Å². The van der Waals surface area contributed by atoms with E-state index in [4.69, 9.17) is 44.0 Å². The average Bonchev–Trinajstić information content (AvgIpc) is 3.07. The number of nitro benzene ring substituents is 1. The highest BCUT2D eigenvalue weighted by atomic mass is 35.5. The van der Waals surface area contributed by atoms with Gasteiger partial charge in [-0.1, -0.05) is 40.9 Å². The molecule has 3 rings (SSSR count). The van der Waals surface area contributed by atoms with E-state index in [1.165, 1.54) is 18.4 Å². The Morgan fingerprint density at radius 1 is 1.00 bits per heavy atom. The molecule has 0 radical (unpaired) electrons. The van der Waals surface area contributed by atoms with Crippen molar-refractivity contribution in [3.05, 3.63) is 73.9 Å². The third-order valence-electron chi connectivity index (χ3n) is 3.17. The molecule has 0 bridgehead atoms. The standard InChI is InChI=1S/C16H8Cl3NO4/c17-10-3-1-4-14(16(10)19)24-15-7-9(13-5-2-6-23-13)12(20(21)22)8-11(15)18/h1-8H. The predicted molar refractivity (Wildman–Crippen MR) is 92.3 cm³/mol. The fourth-order valence-electron chi connectivity index (χ4n) is 2.08. The van der Waals surface area contributed by atoms with E-state index in [9.17, 15) is 10.1 Å². The van der Waals surface area contributed by atoms with Gasteiger partial charge in [0, 0.05) is 12.1 Å². The largest absolute Gasteiger partial charge is 0.464 e. The maximum Gasteiger partial charge on any atom is 0.282 e. The van der Waals surface area contributed by atoms with Gasteiger partial charge in [-0.25, -0.2) is 0 Å². The van der Waals surface area contributed by atoms with Gasteiger partial charge in [-0.3, -0.25) is 10.1 Å². The van der Waals surface area contributed by atoms with Crippen molar-refractivity contribution in [2.45, 2.75) is 0 Å². The van der Waals surface area contributed by atoms with E-state index in [2.05, 4.69) is 0 Å². The summed E-state index contributed by atoms with van der Waals surface area (Å²) in [7, 11) is 0. The zero-order valence-corrected chi connectivity index (χ0v) is 14.1. The molecule has 0 N–H and O–H groups in total. The van der Waals surface area contributed by atoms with Crippen LogP contribution in [0.1, 0.15) is 0 Å². The molecule has 5 nitrogen and oxygen atoms in total. The van der Waals surface area contributed by atoms with Crippen molar-refractivity contribution in [3.63, 3.8) is 0 Å². The number of benzene rings is 2. The van der Waals surface area contributed by atoms with Crippen LogP contribution in [0.4, 0.5) is 5.69 Å². The van der Waals surface area contributed by atoms with E-state index < -0.39 is 4.92 Å². The molecule has 3 aromatic rings. The number of ether oxygens (including phenoxy) is 1. The summed E-state index contributed by atoms with van der Waals surface area (Å²) in [5.41, 5.74) is 0.0436. The first-order chi connectivity index (χ1) is 11.5. The molecule has 0 saturated heterocycles. The third-order valence-corrected chi connectivity index (χ3v) is 4.27. The highest BCUT2D eigenvalue weighted by molar-refractivity contribution is 6.43. The third kappa shape index (κ3) is 3.19. The van der Waals surface area contributed by atoms with E-state index in [1.807, 2.05) is 0 Å². The van der Waals surface area contributed by atoms with E-state index in [0.717, 1.165) is 0 Å². The highest BCUT2D eigenvalue weighted by Crippen LogP contribution is 2.42. The quantitative estimate of drug-likeness (QED) is 0.375. The molecule has 0 amide bonds. The number of hydrogen-bond acceptors (Lipinski definition) is 4. The van der Waals surface area contributed by atoms with Gasteiger partial charge in [0.25, 0.3) is 5.69 Å². The molecule has 0 saturated carbocycles. The minimum Gasteiger partial charge on any atom is -0.464 e. The number of hydrogen-bond donors (Lipinski definition) is 0. The van der Waals surface area contributed by atoms with Gasteiger partial charge in [-0.2, -0.15) is 0 Å². The Morgan fingerprint density at radius 2 is 1.79 bits per heavy atom. The van der Waals surface area contributed by atoms with Crippen LogP contribution in [0.3, 0.4) is 0 Å². The molecule has 8 heteroatoms. The summed E-state index contributed by atoms with van der Waals surface area (Å²) >= 11 is 18.2. The van der Waals surface area contributed by atoms with Crippen molar-refractivity contribution in [2.24, 2.45) is 0 Å². The van der Waals surface area contributed by atoms with Gasteiger partial charge in [0.15, 0.2) is 0 Å². The molecule has 0 aliphatic rings. The monoisotopic (exact) mass is 383 g/mol. The van der Waals surface area contributed by atoms with Crippen LogP contribution in [0.15, 0.2) is 53.1 Å². The van der Waals surface area contributed by atoms with Gasteiger partial charge in [0.1, 0.15) is 22.3 Å². The molecule has 0 aliphatic heterocycles. The van der Waals surface area contributed by atoms with Crippen molar-refractivity contribution < 1.29 is 14.1 Å². The molecule has 1 heterocycles. The molecular weight excluding hydrogens is 377 g/mol. The van der Waals surface area contributed by atoms with Crippen LogP contribution in [0, 0.1) is 10.1 Å². The molecule has 0 unspecified atom stereocenters. The van der Waals surface area contributed by atoms with Crippen LogP contribution in [-0.2, 0) is 0 Å². The first-order valence-electron chi connectivity index (χ1n) is 6.61. The van der Waals surface area contributed by atoms with Crippen LogP contribution in [-0.4, -0.2) is 4.92 Å². The van der Waals surface area contributed by atoms with Crippen molar-refractivity contribution in [3.8, 4) is 22.8 Å². The lowest BCUT2D eigenvalue weighted by Gasteiger charge is -2.11. The fraction of sp³-hybridized carbons (Fsp3) is 0. The second-order valence-electron chi connectivity index (χ2n) is 4.69. The predicted octanol–water partition coefficient (Wildman–Crippen LogP) is 6.61. The Kier molecular flexibility index (Phi) is 4.66. The van der Waals surface area contributed by atoms with Crippen LogP contribution < -0.4 is 4.74 Å². The summed E-state index contributed by atoms with van der Waals surface area (Å²) in [6.07, 6.45) is 1.42. The Hall–Kier alpha value is -2.21. The van der Waals surface area contributed by atoms with E-state index >= 15 is 0 Å². The van der Waals surface area contributed by atoms with Crippen LogP contribution in [0.25, 0.3) is 11.3 Å². The normalized spacial score (nSPS) is 10.6. The van der Waals surface area contributed by atoms with Crippen molar-refractivity contribution in [1.29, 1.82) is 0 Å². The zero-order valence-electron chi connectivity index (χ0n) is 11.8. The first kappa shape index (κ1) is 16.6. The Bertz CT molecular complexity index is 910. The Balaban J connectivity index is 2.10. The number of nitro groups is 1. The van der Waals surface area contributed by atoms with Crippen molar-refractivity contribution in [2.75, 3.05) is 0 Å². The molecular formula is C16H8Cl3NO4. The topological polar surface area (TPSA) is 65.5 Å². The summed E-state index contributed by atoms with van der Waals surface area (Å²) in [6, 6.07) is 10.7. The van der Waals surface area contributed by atoms with E-state index in [-0.39, 0.29) is 32.8 Å².